The van der Waals surface area contributed by atoms with Gasteiger partial charge in [0.25, 0.3) is 0 Å². The molecule has 0 aromatic carbocycles. The molecule has 0 spiro atoms. The number of fused-ring (bicyclic) bond motifs is 1. The maximum absolute atomic E-state index is 5.27. The number of nitrogens with zero attached hydrogens (tertiary/aromatic N) is 7. The monoisotopic (exact) mass is 371 g/mol. The molecular formula is C14H14AsN7O. The van der Waals surface area contributed by atoms with Crippen LogP contribution < -0.4 is 4.48 Å². The molecule has 0 amide bonds. The Morgan fingerprint density at radius 2 is 2.04 bits per heavy atom. The van der Waals surface area contributed by atoms with Crippen molar-refractivity contribution >= 4 is 32.4 Å². The van der Waals surface area contributed by atoms with Crippen LogP contribution in [0.2, 0.25) is 0 Å². The van der Waals surface area contributed by atoms with E-state index < -0.39 is 0 Å². The van der Waals surface area contributed by atoms with E-state index in [0.29, 0.717) is 17.8 Å². The number of rotatable bonds is 3. The second kappa shape index (κ2) is 5.31. The van der Waals surface area contributed by atoms with E-state index in [1.165, 1.54) is 23.1 Å². The van der Waals surface area contributed by atoms with E-state index in [4.69, 9.17) is 4.42 Å². The molecule has 116 valence electrons. The van der Waals surface area contributed by atoms with Crippen molar-refractivity contribution in [3.8, 4) is 17.4 Å². The van der Waals surface area contributed by atoms with Crippen LogP contribution in [0.25, 0.3) is 28.4 Å². The van der Waals surface area contributed by atoms with Gasteiger partial charge in [-0.1, -0.05) is 0 Å². The zero-order valence-electron chi connectivity index (χ0n) is 12.6. The van der Waals surface area contributed by atoms with Gasteiger partial charge in [0.15, 0.2) is 0 Å². The molecule has 4 aromatic heterocycles. The molecule has 0 bridgehead atoms. The summed E-state index contributed by atoms with van der Waals surface area (Å²) in [6, 6.07) is 0.295. The van der Waals surface area contributed by atoms with Gasteiger partial charge in [-0.3, -0.25) is 0 Å². The topological polar surface area (TPSA) is 87.5 Å². The van der Waals surface area contributed by atoms with Crippen molar-refractivity contribution in [1.82, 2.24) is 34.5 Å². The summed E-state index contributed by atoms with van der Waals surface area (Å²) >= 11 is 1.39. The van der Waals surface area contributed by atoms with E-state index in [-0.39, 0.29) is 0 Å². The SMILES string of the molecule is CC(C)n1cc(-n2ncc3nc(-c4ncco4)nc([AsH2])c32)cn1. The average molecular weight is 371 g/mol. The summed E-state index contributed by atoms with van der Waals surface area (Å²) in [5.74, 6) is 0.880. The zero-order chi connectivity index (χ0) is 16.0. The summed E-state index contributed by atoms with van der Waals surface area (Å²) in [4.78, 5) is 13.1. The fourth-order valence-corrected chi connectivity index (χ4v) is 3.14. The molecule has 23 heavy (non-hydrogen) atoms. The molecule has 1 unspecified atom stereocenters. The number of hydrogen-bond donors (Lipinski definition) is 0. The molecule has 0 N–H and O–H groups in total. The van der Waals surface area contributed by atoms with Gasteiger partial charge < -0.3 is 0 Å². The molecule has 0 radical (unpaired) electrons. The molecule has 4 heterocycles. The Kier molecular flexibility index (Phi) is 3.27. The van der Waals surface area contributed by atoms with Crippen LogP contribution in [0.15, 0.2) is 35.5 Å². The third-order valence-electron chi connectivity index (χ3n) is 3.43. The van der Waals surface area contributed by atoms with Crippen molar-refractivity contribution < 1.29 is 4.42 Å². The first kappa shape index (κ1) is 14.1. The van der Waals surface area contributed by atoms with Gasteiger partial charge in [0.2, 0.25) is 0 Å². The molecule has 1 atom stereocenters. The fourth-order valence-electron chi connectivity index (χ4n) is 2.31. The van der Waals surface area contributed by atoms with Gasteiger partial charge in [0.1, 0.15) is 0 Å². The van der Waals surface area contributed by atoms with Crippen LogP contribution in [0, 0.1) is 0 Å². The molecule has 0 aliphatic heterocycles. The Morgan fingerprint density at radius 1 is 1.17 bits per heavy atom. The van der Waals surface area contributed by atoms with Crippen LogP contribution >= 0.6 is 0 Å². The Bertz CT molecular complexity index is 971. The number of aromatic nitrogens is 7. The summed E-state index contributed by atoms with van der Waals surface area (Å²) in [5.41, 5.74) is 2.52. The number of hydrogen-bond acceptors (Lipinski definition) is 6. The van der Waals surface area contributed by atoms with Crippen LogP contribution in [-0.4, -0.2) is 51.4 Å². The Labute approximate surface area is 140 Å². The van der Waals surface area contributed by atoms with E-state index in [9.17, 15) is 0 Å². The third kappa shape index (κ3) is 2.35. The minimum atomic E-state index is 0.295. The Hall–Kier alpha value is -2.47. The van der Waals surface area contributed by atoms with E-state index in [1.54, 1.807) is 18.6 Å². The zero-order valence-corrected chi connectivity index (χ0v) is 15.0. The van der Waals surface area contributed by atoms with E-state index in [2.05, 4.69) is 39.0 Å². The van der Waals surface area contributed by atoms with Crippen LogP contribution in [0.5, 0.6) is 0 Å². The predicted molar refractivity (Wildman–Crippen MR) is 86.5 cm³/mol. The Balaban J connectivity index is 1.86. The van der Waals surface area contributed by atoms with E-state index in [0.717, 1.165) is 21.2 Å². The van der Waals surface area contributed by atoms with Crippen molar-refractivity contribution in [1.29, 1.82) is 0 Å². The molecule has 0 saturated heterocycles. The molecule has 0 fully saturated rings. The molecule has 0 saturated carbocycles. The predicted octanol–water partition coefficient (Wildman–Crippen LogP) is 0.506. The average Bonchev–Trinajstić information content (AvgIpc) is 3.26. The molecule has 0 aliphatic carbocycles. The first-order valence-electron chi connectivity index (χ1n) is 7.09. The molecule has 0 aliphatic rings. The van der Waals surface area contributed by atoms with Crippen LogP contribution in [0.1, 0.15) is 19.9 Å². The van der Waals surface area contributed by atoms with Gasteiger partial charge in [-0.25, -0.2) is 0 Å². The standard InChI is InChI=1S/C14H14AsN7O/c1-8(2)21-7-9(5-17-21)22-11-10(6-18-22)19-13(20-12(11)15)14-16-3-4-23-14/h3-8H,15H2,1-2H3. The second-order valence-electron chi connectivity index (χ2n) is 5.33. The van der Waals surface area contributed by atoms with Crippen molar-refractivity contribution in [2.24, 2.45) is 0 Å². The quantitative estimate of drug-likeness (QED) is 0.488. The third-order valence-corrected chi connectivity index (χ3v) is 4.27. The summed E-state index contributed by atoms with van der Waals surface area (Å²) in [5, 5.41) is 8.80. The maximum atomic E-state index is 5.27. The molecule has 4 aromatic rings. The summed E-state index contributed by atoms with van der Waals surface area (Å²) in [7, 11) is 0. The Morgan fingerprint density at radius 3 is 2.74 bits per heavy atom. The summed E-state index contributed by atoms with van der Waals surface area (Å²) in [6.45, 7) is 4.16. The van der Waals surface area contributed by atoms with Crippen molar-refractivity contribution in [2.45, 2.75) is 19.9 Å². The van der Waals surface area contributed by atoms with Crippen LogP contribution in [-0.2, 0) is 0 Å². The van der Waals surface area contributed by atoms with Gasteiger partial charge in [-0.2, -0.15) is 0 Å². The normalized spacial score (nSPS) is 11.7. The number of oxazole rings is 1. The van der Waals surface area contributed by atoms with Gasteiger partial charge in [-0.15, -0.1) is 0 Å². The van der Waals surface area contributed by atoms with Crippen molar-refractivity contribution in [3.63, 3.8) is 0 Å². The summed E-state index contributed by atoms with van der Waals surface area (Å²) < 4.78 is 9.85. The van der Waals surface area contributed by atoms with Crippen molar-refractivity contribution in [2.75, 3.05) is 0 Å². The molecular weight excluding hydrogens is 357 g/mol. The van der Waals surface area contributed by atoms with Gasteiger partial charge in [0, 0.05) is 0 Å². The molecule has 8 nitrogen and oxygen atoms in total. The fraction of sp³-hybridized carbons (Fsp3) is 0.214. The van der Waals surface area contributed by atoms with Crippen LogP contribution in [0.4, 0.5) is 0 Å². The van der Waals surface area contributed by atoms with Gasteiger partial charge in [-0.05, 0) is 0 Å². The van der Waals surface area contributed by atoms with E-state index >= 15 is 0 Å². The van der Waals surface area contributed by atoms with Gasteiger partial charge in [0.05, 0.1) is 0 Å². The molecule has 9 heteroatoms. The van der Waals surface area contributed by atoms with Crippen LogP contribution in [0.3, 0.4) is 0 Å². The first-order valence-corrected chi connectivity index (χ1v) is 8.30. The van der Waals surface area contributed by atoms with Gasteiger partial charge >= 0.3 is 140 Å². The first-order chi connectivity index (χ1) is 11.1. The molecule has 4 rings (SSSR count). The minimum absolute atomic E-state index is 0.295. The van der Waals surface area contributed by atoms with E-state index in [1.807, 2.05) is 15.6 Å². The second-order valence-corrected chi connectivity index (χ2v) is 6.48. The summed E-state index contributed by atoms with van der Waals surface area (Å²) in [6.07, 6.45) is 8.56. The van der Waals surface area contributed by atoms with Crippen molar-refractivity contribution in [3.05, 3.63) is 31.1 Å².